The number of carbonyl (C=O) groups excluding carboxylic acids is 1. The molecule has 1 heterocycles. The maximum Gasteiger partial charge on any atom is 0.236 e. The van der Waals surface area contributed by atoms with E-state index in [1.165, 1.54) is 0 Å². The predicted molar refractivity (Wildman–Crippen MR) is 75.0 cm³/mol. The summed E-state index contributed by atoms with van der Waals surface area (Å²) in [6.45, 7) is 12.0. The SMILES string of the molecule is CC(C)CN1CCN(C(=O)C(C)(C)C(N)=NO)CC1. The summed E-state index contributed by atoms with van der Waals surface area (Å²) >= 11 is 0. The largest absolute Gasteiger partial charge is 0.409 e. The van der Waals surface area contributed by atoms with E-state index in [1.807, 2.05) is 0 Å². The average Bonchev–Trinajstić information content (AvgIpc) is 2.37. The lowest BCUT2D eigenvalue weighted by molar-refractivity contribution is -0.138. The molecule has 0 aromatic carbocycles. The summed E-state index contributed by atoms with van der Waals surface area (Å²) in [5.41, 5.74) is 4.64. The number of piperazine rings is 1. The number of nitrogens with zero attached hydrogens (tertiary/aromatic N) is 3. The summed E-state index contributed by atoms with van der Waals surface area (Å²) in [6.07, 6.45) is 0. The van der Waals surface area contributed by atoms with Crippen molar-refractivity contribution >= 4 is 11.7 Å². The van der Waals surface area contributed by atoms with Gasteiger partial charge in [0, 0.05) is 32.7 Å². The van der Waals surface area contributed by atoms with Crippen LogP contribution < -0.4 is 5.73 Å². The lowest BCUT2D eigenvalue weighted by atomic mass is 9.90. The highest BCUT2D eigenvalue weighted by molar-refractivity contribution is 6.05. The van der Waals surface area contributed by atoms with Crippen molar-refractivity contribution in [2.75, 3.05) is 32.7 Å². The molecule has 0 radical (unpaired) electrons. The molecule has 0 saturated carbocycles. The van der Waals surface area contributed by atoms with E-state index < -0.39 is 5.41 Å². The van der Waals surface area contributed by atoms with Crippen LogP contribution in [0.2, 0.25) is 0 Å². The van der Waals surface area contributed by atoms with E-state index in [0.717, 1.165) is 19.6 Å². The quantitative estimate of drug-likeness (QED) is 0.338. The van der Waals surface area contributed by atoms with Crippen molar-refractivity contribution in [3.63, 3.8) is 0 Å². The Kier molecular flexibility index (Phi) is 5.17. The Morgan fingerprint density at radius 2 is 1.84 bits per heavy atom. The van der Waals surface area contributed by atoms with Gasteiger partial charge >= 0.3 is 0 Å². The molecule has 0 unspecified atom stereocenters. The fraction of sp³-hybridized carbons (Fsp3) is 0.846. The van der Waals surface area contributed by atoms with Crippen LogP contribution in [0.1, 0.15) is 27.7 Å². The molecule has 1 saturated heterocycles. The highest BCUT2D eigenvalue weighted by atomic mass is 16.4. The van der Waals surface area contributed by atoms with Crippen molar-refractivity contribution in [3.05, 3.63) is 0 Å². The molecule has 19 heavy (non-hydrogen) atoms. The van der Waals surface area contributed by atoms with E-state index in [2.05, 4.69) is 23.9 Å². The molecule has 110 valence electrons. The minimum Gasteiger partial charge on any atom is -0.409 e. The molecular weight excluding hydrogens is 244 g/mol. The van der Waals surface area contributed by atoms with Gasteiger partial charge in [-0.2, -0.15) is 0 Å². The lowest BCUT2D eigenvalue weighted by Gasteiger charge is -2.38. The predicted octanol–water partition coefficient (Wildman–Crippen LogP) is 0.559. The molecule has 0 aliphatic carbocycles. The fourth-order valence-corrected chi connectivity index (χ4v) is 2.28. The number of amides is 1. The highest BCUT2D eigenvalue weighted by Gasteiger charge is 2.37. The van der Waals surface area contributed by atoms with Gasteiger partial charge in [0.25, 0.3) is 0 Å². The van der Waals surface area contributed by atoms with Gasteiger partial charge in [0.1, 0.15) is 5.41 Å². The Labute approximate surface area is 115 Å². The minimum atomic E-state index is -0.949. The Morgan fingerprint density at radius 1 is 1.32 bits per heavy atom. The first-order valence-corrected chi connectivity index (χ1v) is 6.78. The monoisotopic (exact) mass is 270 g/mol. The van der Waals surface area contributed by atoms with Gasteiger partial charge in [-0.05, 0) is 19.8 Å². The van der Waals surface area contributed by atoms with E-state index in [0.29, 0.717) is 19.0 Å². The summed E-state index contributed by atoms with van der Waals surface area (Å²) in [5.74, 6) is 0.518. The zero-order valence-corrected chi connectivity index (χ0v) is 12.4. The number of rotatable bonds is 4. The summed E-state index contributed by atoms with van der Waals surface area (Å²) in [6, 6.07) is 0. The maximum absolute atomic E-state index is 12.4. The normalized spacial score (nSPS) is 19.0. The van der Waals surface area contributed by atoms with E-state index in [9.17, 15) is 4.79 Å². The Hall–Kier alpha value is -1.30. The lowest BCUT2D eigenvalue weighted by Crippen LogP contribution is -2.55. The van der Waals surface area contributed by atoms with E-state index in [-0.39, 0.29) is 11.7 Å². The Morgan fingerprint density at radius 3 is 2.26 bits per heavy atom. The standard InChI is InChI=1S/C13H26N4O2/c1-10(2)9-16-5-7-17(8-6-16)12(18)13(3,4)11(14)15-19/h10,19H,5-9H2,1-4H3,(H2,14,15). The number of hydrogen-bond acceptors (Lipinski definition) is 4. The van der Waals surface area contributed by atoms with Gasteiger partial charge in [0.05, 0.1) is 0 Å². The molecule has 1 fully saturated rings. The molecule has 0 spiro atoms. The van der Waals surface area contributed by atoms with Crippen molar-refractivity contribution < 1.29 is 10.0 Å². The third-order valence-electron chi connectivity index (χ3n) is 3.57. The van der Waals surface area contributed by atoms with Crippen molar-refractivity contribution in [3.8, 4) is 0 Å². The fourth-order valence-electron chi connectivity index (χ4n) is 2.28. The van der Waals surface area contributed by atoms with Gasteiger partial charge in [-0.15, -0.1) is 0 Å². The first-order chi connectivity index (χ1) is 8.78. The van der Waals surface area contributed by atoms with Crippen LogP contribution in [0.4, 0.5) is 0 Å². The Balaban J connectivity index is 2.58. The second-order valence-electron chi connectivity index (χ2n) is 6.10. The van der Waals surface area contributed by atoms with Crippen LogP contribution in [0.3, 0.4) is 0 Å². The Bertz CT molecular complexity index is 345. The molecule has 6 heteroatoms. The van der Waals surface area contributed by atoms with Crippen molar-refractivity contribution in [1.29, 1.82) is 0 Å². The third kappa shape index (κ3) is 3.83. The summed E-state index contributed by atoms with van der Waals surface area (Å²) in [5, 5.41) is 11.7. The van der Waals surface area contributed by atoms with Crippen LogP contribution in [0.25, 0.3) is 0 Å². The average molecular weight is 270 g/mol. The van der Waals surface area contributed by atoms with Crippen LogP contribution >= 0.6 is 0 Å². The van der Waals surface area contributed by atoms with E-state index >= 15 is 0 Å². The molecule has 6 nitrogen and oxygen atoms in total. The van der Waals surface area contributed by atoms with Crippen molar-refractivity contribution in [2.45, 2.75) is 27.7 Å². The third-order valence-corrected chi connectivity index (χ3v) is 3.57. The number of carbonyl (C=O) groups is 1. The molecule has 0 bridgehead atoms. The van der Waals surface area contributed by atoms with Crippen LogP contribution in [0.15, 0.2) is 5.16 Å². The van der Waals surface area contributed by atoms with Crippen LogP contribution in [0, 0.1) is 11.3 Å². The van der Waals surface area contributed by atoms with Crippen LogP contribution in [0.5, 0.6) is 0 Å². The molecule has 3 N–H and O–H groups in total. The summed E-state index contributed by atoms with van der Waals surface area (Å²) in [4.78, 5) is 16.6. The topological polar surface area (TPSA) is 82.2 Å². The first-order valence-electron chi connectivity index (χ1n) is 6.78. The second kappa shape index (κ2) is 6.23. The van der Waals surface area contributed by atoms with E-state index in [1.54, 1.807) is 18.7 Å². The molecule has 1 amide bonds. The van der Waals surface area contributed by atoms with Gasteiger partial charge in [0.15, 0.2) is 5.84 Å². The molecule has 0 aromatic heterocycles. The van der Waals surface area contributed by atoms with Gasteiger partial charge in [0.2, 0.25) is 5.91 Å². The number of oxime groups is 1. The number of hydrogen-bond donors (Lipinski definition) is 2. The van der Waals surface area contributed by atoms with Gasteiger partial charge < -0.3 is 15.8 Å². The molecule has 0 atom stereocenters. The molecule has 1 aliphatic rings. The van der Waals surface area contributed by atoms with E-state index in [4.69, 9.17) is 10.9 Å². The zero-order valence-electron chi connectivity index (χ0n) is 12.4. The van der Waals surface area contributed by atoms with Crippen molar-refractivity contribution in [2.24, 2.45) is 22.2 Å². The summed E-state index contributed by atoms with van der Waals surface area (Å²) < 4.78 is 0. The summed E-state index contributed by atoms with van der Waals surface area (Å²) in [7, 11) is 0. The van der Waals surface area contributed by atoms with Gasteiger partial charge in [-0.1, -0.05) is 19.0 Å². The molecule has 1 rings (SSSR count). The molecule has 1 aliphatic heterocycles. The van der Waals surface area contributed by atoms with Crippen LogP contribution in [-0.2, 0) is 4.79 Å². The minimum absolute atomic E-state index is 0.0397. The zero-order chi connectivity index (χ0) is 14.6. The van der Waals surface area contributed by atoms with Crippen LogP contribution in [-0.4, -0.2) is 59.5 Å². The highest BCUT2D eigenvalue weighted by Crippen LogP contribution is 2.20. The van der Waals surface area contributed by atoms with Gasteiger partial charge in [-0.3, -0.25) is 9.69 Å². The smallest absolute Gasteiger partial charge is 0.236 e. The molecular formula is C13H26N4O2. The molecule has 0 aromatic rings. The number of amidine groups is 1. The first kappa shape index (κ1) is 15.8. The second-order valence-corrected chi connectivity index (χ2v) is 6.10. The number of nitrogens with two attached hydrogens (primary N) is 1. The van der Waals surface area contributed by atoms with Gasteiger partial charge in [-0.25, -0.2) is 0 Å². The van der Waals surface area contributed by atoms with Crippen molar-refractivity contribution in [1.82, 2.24) is 9.80 Å². The maximum atomic E-state index is 12.4.